The topological polar surface area (TPSA) is 83.8 Å². The number of aromatic nitrogens is 6. The lowest BCUT2D eigenvalue weighted by molar-refractivity contribution is 1.02. The van der Waals surface area contributed by atoms with E-state index in [-0.39, 0.29) is 0 Å². The lowest BCUT2D eigenvalue weighted by atomic mass is 10.3. The summed E-state index contributed by atoms with van der Waals surface area (Å²) in [7, 11) is 0. The molecule has 0 saturated carbocycles. The van der Waals surface area contributed by atoms with Crippen molar-refractivity contribution in [1.82, 2.24) is 29.5 Å². The zero-order valence-electron chi connectivity index (χ0n) is 14.2. The molecule has 10 heteroatoms. The molecule has 7 nitrogen and oxygen atoms in total. The van der Waals surface area contributed by atoms with Crippen molar-refractivity contribution in [2.24, 2.45) is 0 Å². The minimum atomic E-state index is 0.605. The zero-order valence-corrected chi connectivity index (χ0v) is 16.8. The Bertz CT molecular complexity index is 1110. The van der Waals surface area contributed by atoms with Crippen LogP contribution in [-0.4, -0.2) is 29.5 Å². The van der Waals surface area contributed by atoms with E-state index < -0.39 is 0 Å². The smallest absolute Gasteiger partial charge is 0.181 e. The normalized spacial score (nSPS) is 11.9. The molecule has 4 aromatic rings. The van der Waals surface area contributed by atoms with E-state index in [0.717, 1.165) is 26.2 Å². The van der Waals surface area contributed by atoms with Crippen molar-refractivity contribution in [2.75, 3.05) is 5.32 Å². The average molecular weight is 414 g/mol. The van der Waals surface area contributed by atoms with Gasteiger partial charge in [-0.05, 0) is 24.8 Å². The molecule has 2 N–H and O–H groups in total. The highest BCUT2D eigenvalue weighted by Gasteiger charge is 2.15. The molecule has 4 rings (SSSR count). The highest BCUT2D eigenvalue weighted by atomic mass is 32.2. The first-order valence-corrected chi connectivity index (χ1v) is 10.0. The second-order valence-corrected chi connectivity index (χ2v) is 8.30. The van der Waals surface area contributed by atoms with Gasteiger partial charge in [0.2, 0.25) is 0 Å². The van der Waals surface area contributed by atoms with Gasteiger partial charge in [-0.1, -0.05) is 12.2 Å². The molecule has 136 valence electrons. The molecule has 0 aliphatic heterocycles. The molecule has 0 atom stereocenters. The Kier molecular flexibility index (Phi) is 5.01. The Labute approximate surface area is 169 Å². The number of hydrogen-bond acceptors (Lipinski definition) is 8. The molecule has 4 aromatic heterocycles. The summed E-state index contributed by atoms with van der Waals surface area (Å²) in [5, 5.41) is 13.4. The summed E-state index contributed by atoms with van der Waals surface area (Å²) in [6, 6.07) is 0. The predicted molar refractivity (Wildman–Crippen MR) is 112 cm³/mol. The number of aromatic amines is 1. The third-order valence-electron chi connectivity index (χ3n) is 3.50. The second kappa shape index (κ2) is 7.59. The van der Waals surface area contributed by atoms with E-state index in [2.05, 4.69) is 44.7 Å². The number of thiol groups is 1. The first kappa shape index (κ1) is 17.8. The van der Waals surface area contributed by atoms with Crippen molar-refractivity contribution < 1.29 is 0 Å². The van der Waals surface area contributed by atoms with Crippen LogP contribution in [0.3, 0.4) is 0 Å². The molecule has 0 aliphatic rings. The fourth-order valence-corrected chi connectivity index (χ4v) is 4.33. The van der Waals surface area contributed by atoms with Gasteiger partial charge in [-0.15, -0.1) is 24.0 Å². The molecule has 0 unspecified atom stereocenters. The Balaban J connectivity index is 1.83. The number of nitrogens with one attached hydrogen (secondary N) is 2. The van der Waals surface area contributed by atoms with Gasteiger partial charge >= 0.3 is 0 Å². The van der Waals surface area contributed by atoms with Gasteiger partial charge < -0.3 is 5.32 Å². The number of rotatable bonds is 6. The Hall–Kier alpha value is -2.56. The average Bonchev–Trinajstić information content (AvgIpc) is 3.35. The molecular weight excluding hydrogens is 398 g/mol. The lowest BCUT2D eigenvalue weighted by Gasteiger charge is -2.10. The Morgan fingerprint density at radius 2 is 2.30 bits per heavy atom. The van der Waals surface area contributed by atoms with Crippen LogP contribution in [0.2, 0.25) is 0 Å². The van der Waals surface area contributed by atoms with E-state index in [9.17, 15) is 0 Å². The number of nitrogens with zero attached hydrogens (tertiary/aromatic N) is 5. The van der Waals surface area contributed by atoms with Gasteiger partial charge in [0, 0.05) is 29.5 Å². The summed E-state index contributed by atoms with van der Waals surface area (Å²) in [5.41, 5.74) is 3.43. The van der Waals surface area contributed by atoms with Crippen LogP contribution in [0.25, 0.3) is 16.9 Å². The van der Waals surface area contributed by atoms with Gasteiger partial charge in [0.05, 0.1) is 23.1 Å². The van der Waals surface area contributed by atoms with E-state index >= 15 is 0 Å². The van der Waals surface area contributed by atoms with Crippen molar-refractivity contribution >= 4 is 47.2 Å². The molecule has 0 radical (unpaired) electrons. The molecule has 0 fully saturated rings. The van der Waals surface area contributed by atoms with Crippen LogP contribution in [0.1, 0.15) is 6.92 Å². The van der Waals surface area contributed by atoms with E-state index in [0.29, 0.717) is 16.5 Å². The van der Waals surface area contributed by atoms with Crippen molar-refractivity contribution in [3.8, 4) is 11.3 Å². The molecule has 27 heavy (non-hydrogen) atoms. The van der Waals surface area contributed by atoms with E-state index in [1.165, 1.54) is 11.8 Å². The minimum absolute atomic E-state index is 0.605. The van der Waals surface area contributed by atoms with Gasteiger partial charge in [0.15, 0.2) is 15.8 Å². The molecule has 0 amide bonds. The fourth-order valence-electron chi connectivity index (χ4n) is 2.44. The number of H-pyrrole nitrogens is 1. The first-order chi connectivity index (χ1) is 13.1. The van der Waals surface area contributed by atoms with E-state index in [4.69, 9.17) is 4.98 Å². The van der Waals surface area contributed by atoms with Gasteiger partial charge in [-0.2, -0.15) is 5.10 Å². The number of imidazole rings is 1. The molecule has 0 spiro atoms. The SMILES string of the molecule is C=C(C)/C=C(\S)Nc1nc(Sc2nccs2)cn2c(-c3cn[nH]c3)cnc12. The van der Waals surface area contributed by atoms with Crippen LogP contribution < -0.4 is 5.32 Å². The number of allylic oxidation sites excluding steroid dienone is 2. The maximum absolute atomic E-state index is 4.71. The summed E-state index contributed by atoms with van der Waals surface area (Å²) < 4.78 is 2.90. The summed E-state index contributed by atoms with van der Waals surface area (Å²) >= 11 is 7.54. The fraction of sp³-hybridized carbons (Fsp3) is 0.0588. The molecule has 0 aromatic carbocycles. The molecular formula is C17H15N7S3. The summed E-state index contributed by atoms with van der Waals surface area (Å²) in [6.07, 6.45) is 10.9. The summed E-state index contributed by atoms with van der Waals surface area (Å²) in [4.78, 5) is 13.6. The largest absolute Gasteiger partial charge is 0.332 e. The number of anilines is 1. The summed E-state index contributed by atoms with van der Waals surface area (Å²) in [6.45, 7) is 5.78. The van der Waals surface area contributed by atoms with Gasteiger partial charge in [-0.3, -0.25) is 9.50 Å². The van der Waals surface area contributed by atoms with Crippen molar-refractivity contribution in [2.45, 2.75) is 16.3 Å². The maximum Gasteiger partial charge on any atom is 0.181 e. The monoisotopic (exact) mass is 413 g/mol. The number of thiazole rings is 1. The number of hydrogen-bond donors (Lipinski definition) is 3. The minimum Gasteiger partial charge on any atom is -0.332 e. The highest BCUT2D eigenvalue weighted by Crippen LogP contribution is 2.32. The third kappa shape index (κ3) is 3.92. The Morgan fingerprint density at radius 3 is 3.00 bits per heavy atom. The standard InChI is InChI=1S/C17H15N7S3/c1-10(2)5-13(25)22-15-16-19-8-12(11-6-20-21-7-11)24(16)9-14(23-15)27-17-18-3-4-26-17/h3-9,25H,1H2,2H3,(H,20,21)(H,22,23)/b13-5-. The van der Waals surface area contributed by atoms with Crippen LogP contribution in [0.5, 0.6) is 0 Å². The van der Waals surface area contributed by atoms with Crippen LogP contribution in [-0.2, 0) is 0 Å². The van der Waals surface area contributed by atoms with Crippen LogP contribution in [0.15, 0.2) is 69.0 Å². The van der Waals surface area contributed by atoms with Crippen LogP contribution >= 0.6 is 35.7 Å². The molecule has 0 saturated heterocycles. The van der Waals surface area contributed by atoms with Gasteiger partial charge in [0.1, 0.15) is 5.03 Å². The highest BCUT2D eigenvalue weighted by molar-refractivity contribution is 8.01. The number of fused-ring (bicyclic) bond motifs is 1. The van der Waals surface area contributed by atoms with Crippen LogP contribution in [0.4, 0.5) is 5.82 Å². The second-order valence-electron chi connectivity index (χ2n) is 5.65. The molecule has 0 bridgehead atoms. The van der Waals surface area contributed by atoms with E-state index in [1.54, 1.807) is 29.9 Å². The molecule has 4 heterocycles. The predicted octanol–water partition coefficient (Wildman–Crippen LogP) is 4.49. The Morgan fingerprint density at radius 1 is 1.41 bits per heavy atom. The van der Waals surface area contributed by atoms with Gasteiger partial charge in [0.25, 0.3) is 0 Å². The maximum atomic E-state index is 4.71. The third-order valence-corrected chi connectivity index (χ3v) is 5.53. The first-order valence-electron chi connectivity index (χ1n) is 7.88. The lowest BCUT2D eigenvalue weighted by Crippen LogP contribution is -2.02. The summed E-state index contributed by atoms with van der Waals surface area (Å²) in [5.74, 6) is 0.605. The van der Waals surface area contributed by atoms with Crippen molar-refractivity contribution in [1.29, 1.82) is 0 Å². The quantitative estimate of drug-likeness (QED) is 0.319. The van der Waals surface area contributed by atoms with Gasteiger partial charge in [-0.25, -0.2) is 15.0 Å². The van der Waals surface area contributed by atoms with Crippen molar-refractivity contribution in [3.63, 3.8) is 0 Å². The van der Waals surface area contributed by atoms with Crippen molar-refractivity contribution in [3.05, 3.63) is 59.6 Å². The van der Waals surface area contributed by atoms with E-state index in [1.807, 2.05) is 35.2 Å². The molecule has 0 aliphatic carbocycles. The zero-order chi connectivity index (χ0) is 18.8. The van der Waals surface area contributed by atoms with Crippen LogP contribution in [0, 0.1) is 0 Å².